The van der Waals surface area contributed by atoms with Crippen LogP contribution in [-0.4, -0.2) is 30.9 Å². The fraction of sp³-hybridized carbons (Fsp3) is 0.533. The largest absolute Gasteiger partial charge is 0.326 e. The quantitative estimate of drug-likeness (QED) is 0.917. The van der Waals surface area contributed by atoms with E-state index in [1.807, 2.05) is 12.1 Å². The van der Waals surface area contributed by atoms with E-state index in [-0.39, 0.29) is 5.91 Å². The number of halogens is 1. The maximum atomic E-state index is 11.8. The molecular weight excluding hydrogens is 260 g/mol. The van der Waals surface area contributed by atoms with Crippen LogP contribution >= 0.6 is 11.6 Å². The summed E-state index contributed by atoms with van der Waals surface area (Å²) in [6.07, 6.45) is 4.03. The lowest BCUT2D eigenvalue weighted by atomic mass is 9.92. The molecule has 1 aromatic rings. The zero-order chi connectivity index (χ0) is 13.7. The van der Waals surface area contributed by atoms with Crippen LogP contribution in [0.4, 0.5) is 5.69 Å². The summed E-state index contributed by atoms with van der Waals surface area (Å²) in [6.45, 7) is 2.31. The second kappa shape index (κ2) is 6.92. The van der Waals surface area contributed by atoms with Gasteiger partial charge in [-0.2, -0.15) is 0 Å². The fourth-order valence-corrected chi connectivity index (χ4v) is 2.57. The normalized spacial score (nSPS) is 17.4. The van der Waals surface area contributed by atoms with Crippen molar-refractivity contribution in [3.05, 3.63) is 29.3 Å². The Balaban J connectivity index is 1.71. The Morgan fingerprint density at radius 1 is 1.32 bits per heavy atom. The summed E-state index contributed by atoms with van der Waals surface area (Å²) in [6, 6.07) is 7.23. The molecule has 0 bridgehead atoms. The van der Waals surface area contributed by atoms with Crippen LogP contribution in [0.1, 0.15) is 25.7 Å². The summed E-state index contributed by atoms with van der Waals surface area (Å²) < 4.78 is 0. The van der Waals surface area contributed by atoms with E-state index in [4.69, 9.17) is 11.6 Å². The molecular formula is C15H21ClN2O. The minimum absolute atomic E-state index is 0.0984. The van der Waals surface area contributed by atoms with Gasteiger partial charge in [-0.25, -0.2) is 0 Å². The average Bonchev–Trinajstić information content (AvgIpc) is 2.41. The van der Waals surface area contributed by atoms with E-state index in [0.29, 0.717) is 17.4 Å². The number of likely N-dealkylation sites (tertiary alicyclic amines) is 1. The Hall–Kier alpha value is -1.06. The predicted octanol–water partition coefficient (Wildman–Crippen LogP) is 3.40. The number of benzene rings is 1. The number of amides is 1. The smallest absolute Gasteiger partial charge is 0.224 e. The van der Waals surface area contributed by atoms with E-state index in [2.05, 4.69) is 17.3 Å². The molecule has 1 heterocycles. The maximum absolute atomic E-state index is 11.8. The van der Waals surface area contributed by atoms with Crippen LogP contribution in [-0.2, 0) is 4.79 Å². The summed E-state index contributed by atoms with van der Waals surface area (Å²) in [5.74, 6) is 0.799. The highest BCUT2D eigenvalue weighted by Crippen LogP contribution is 2.21. The van der Waals surface area contributed by atoms with Gasteiger partial charge in [0.25, 0.3) is 0 Å². The number of hydrogen-bond donors (Lipinski definition) is 1. The van der Waals surface area contributed by atoms with Crippen LogP contribution in [0.5, 0.6) is 0 Å². The third-order valence-electron chi connectivity index (χ3n) is 3.75. The van der Waals surface area contributed by atoms with Gasteiger partial charge in [-0.15, -0.1) is 0 Å². The highest BCUT2D eigenvalue weighted by atomic mass is 35.5. The first-order valence-electron chi connectivity index (χ1n) is 6.87. The Labute approximate surface area is 119 Å². The molecule has 1 amide bonds. The molecule has 104 valence electrons. The first kappa shape index (κ1) is 14.4. The molecule has 19 heavy (non-hydrogen) atoms. The Morgan fingerprint density at radius 2 is 1.95 bits per heavy atom. The molecule has 4 heteroatoms. The Morgan fingerprint density at radius 3 is 2.58 bits per heavy atom. The maximum Gasteiger partial charge on any atom is 0.224 e. The van der Waals surface area contributed by atoms with Crippen molar-refractivity contribution in [1.29, 1.82) is 0 Å². The second-order valence-electron chi connectivity index (χ2n) is 5.34. The van der Waals surface area contributed by atoms with Gasteiger partial charge in [-0.05, 0) is 69.6 Å². The molecule has 1 fully saturated rings. The second-order valence-corrected chi connectivity index (χ2v) is 5.78. The van der Waals surface area contributed by atoms with Crippen molar-refractivity contribution >= 4 is 23.2 Å². The lowest BCUT2D eigenvalue weighted by molar-refractivity contribution is -0.116. The summed E-state index contributed by atoms with van der Waals surface area (Å²) in [4.78, 5) is 14.2. The van der Waals surface area contributed by atoms with Crippen molar-refractivity contribution < 1.29 is 4.79 Å². The van der Waals surface area contributed by atoms with Gasteiger partial charge in [0.2, 0.25) is 5.91 Å². The molecule has 0 unspecified atom stereocenters. The van der Waals surface area contributed by atoms with E-state index in [1.165, 1.54) is 12.8 Å². The molecule has 1 N–H and O–H groups in total. The zero-order valence-corrected chi connectivity index (χ0v) is 12.1. The summed E-state index contributed by atoms with van der Waals surface area (Å²) >= 11 is 5.81. The number of nitrogens with one attached hydrogen (secondary N) is 1. The highest BCUT2D eigenvalue weighted by molar-refractivity contribution is 6.30. The first-order valence-corrected chi connectivity index (χ1v) is 7.25. The number of nitrogens with zero attached hydrogens (tertiary/aromatic N) is 1. The third kappa shape index (κ3) is 4.84. The minimum atomic E-state index is 0.0984. The van der Waals surface area contributed by atoms with Crippen LogP contribution < -0.4 is 5.32 Å². The minimum Gasteiger partial charge on any atom is -0.326 e. The van der Waals surface area contributed by atoms with Gasteiger partial charge >= 0.3 is 0 Å². The number of hydrogen-bond acceptors (Lipinski definition) is 2. The van der Waals surface area contributed by atoms with Gasteiger partial charge < -0.3 is 10.2 Å². The standard InChI is InChI=1S/C15H21ClN2O/c1-18-10-8-12(9-11-18)2-7-15(19)17-14-5-3-13(16)4-6-14/h3-6,12H,2,7-11H2,1H3,(H,17,19). The van der Waals surface area contributed by atoms with Gasteiger partial charge in [0.05, 0.1) is 0 Å². The van der Waals surface area contributed by atoms with E-state index in [0.717, 1.165) is 25.2 Å². The lowest BCUT2D eigenvalue weighted by Crippen LogP contribution is -2.30. The molecule has 1 aliphatic heterocycles. The number of carbonyl (C=O) groups excluding carboxylic acids is 1. The van der Waals surface area contributed by atoms with Gasteiger partial charge in [-0.3, -0.25) is 4.79 Å². The SMILES string of the molecule is CN1CCC(CCC(=O)Nc2ccc(Cl)cc2)CC1. The van der Waals surface area contributed by atoms with Crippen molar-refractivity contribution in [3.63, 3.8) is 0 Å². The van der Waals surface area contributed by atoms with E-state index >= 15 is 0 Å². The third-order valence-corrected chi connectivity index (χ3v) is 4.00. The van der Waals surface area contributed by atoms with Crippen LogP contribution in [0, 0.1) is 5.92 Å². The Bertz CT molecular complexity index is 411. The number of carbonyl (C=O) groups is 1. The molecule has 0 saturated carbocycles. The van der Waals surface area contributed by atoms with E-state index < -0.39 is 0 Å². The predicted molar refractivity (Wildman–Crippen MR) is 79.5 cm³/mol. The first-order chi connectivity index (χ1) is 9.13. The Kier molecular flexibility index (Phi) is 5.23. The molecule has 0 atom stereocenters. The van der Waals surface area contributed by atoms with Crippen molar-refractivity contribution in [1.82, 2.24) is 4.90 Å². The van der Waals surface area contributed by atoms with Gasteiger partial charge in [0.1, 0.15) is 0 Å². The lowest BCUT2D eigenvalue weighted by Gasteiger charge is -2.28. The molecule has 3 nitrogen and oxygen atoms in total. The number of piperidine rings is 1. The summed E-state index contributed by atoms with van der Waals surface area (Å²) in [7, 11) is 2.16. The van der Waals surface area contributed by atoms with Crippen molar-refractivity contribution in [2.24, 2.45) is 5.92 Å². The summed E-state index contributed by atoms with van der Waals surface area (Å²) in [5, 5.41) is 3.59. The van der Waals surface area contributed by atoms with Crippen LogP contribution in [0.2, 0.25) is 5.02 Å². The molecule has 1 aliphatic rings. The fourth-order valence-electron chi connectivity index (χ4n) is 2.44. The molecule has 2 rings (SSSR count). The van der Waals surface area contributed by atoms with Gasteiger partial charge in [0, 0.05) is 17.1 Å². The molecule has 1 saturated heterocycles. The molecule has 1 aromatic carbocycles. The topological polar surface area (TPSA) is 32.3 Å². The van der Waals surface area contributed by atoms with Crippen LogP contribution in [0.3, 0.4) is 0 Å². The number of rotatable bonds is 4. The van der Waals surface area contributed by atoms with Crippen molar-refractivity contribution in [3.8, 4) is 0 Å². The highest BCUT2D eigenvalue weighted by Gasteiger charge is 2.17. The average molecular weight is 281 g/mol. The molecule has 0 radical (unpaired) electrons. The summed E-state index contributed by atoms with van der Waals surface area (Å²) in [5.41, 5.74) is 0.817. The van der Waals surface area contributed by atoms with E-state index in [9.17, 15) is 4.79 Å². The molecule has 0 aromatic heterocycles. The van der Waals surface area contributed by atoms with Gasteiger partial charge in [0.15, 0.2) is 0 Å². The molecule has 0 spiro atoms. The van der Waals surface area contributed by atoms with E-state index in [1.54, 1.807) is 12.1 Å². The zero-order valence-electron chi connectivity index (χ0n) is 11.4. The van der Waals surface area contributed by atoms with Crippen LogP contribution in [0.25, 0.3) is 0 Å². The van der Waals surface area contributed by atoms with Gasteiger partial charge in [-0.1, -0.05) is 11.6 Å². The van der Waals surface area contributed by atoms with Crippen molar-refractivity contribution in [2.75, 3.05) is 25.5 Å². The monoisotopic (exact) mass is 280 g/mol. The van der Waals surface area contributed by atoms with Crippen molar-refractivity contribution in [2.45, 2.75) is 25.7 Å². The number of anilines is 1. The van der Waals surface area contributed by atoms with Crippen LogP contribution in [0.15, 0.2) is 24.3 Å². The molecule has 0 aliphatic carbocycles.